The lowest BCUT2D eigenvalue weighted by Crippen LogP contribution is -1.95. The topological polar surface area (TPSA) is 12.9 Å². The van der Waals surface area contributed by atoms with Gasteiger partial charge in [0.1, 0.15) is 6.20 Å². The van der Waals surface area contributed by atoms with Crippen molar-refractivity contribution in [2.24, 2.45) is 0 Å². The zero-order valence-corrected chi connectivity index (χ0v) is 8.76. The molecule has 2 heteroatoms. The van der Waals surface area contributed by atoms with Crippen molar-refractivity contribution in [1.29, 1.82) is 0 Å². The molecule has 2 rings (SSSR count). The highest BCUT2D eigenvalue weighted by Crippen LogP contribution is 2.20. The van der Waals surface area contributed by atoms with Crippen LogP contribution in [-0.2, 0) is 6.42 Å². The average Bonchev–Trinajstić information content (AvgIpc) is 2.28. The van der Waals surface area contributed by atoms with Gasteiger partial charge < -0.3 is 0 Å². The summed E-state index contributed by atoms with van der Waals surface area (Å²) in [4.78, 5) is 3.95. The number of aryl methyl sites for hydroxylation is 1. The summed E-state index contributed by atoms with van der Waals surface area (Å²) in [5, 5.41) is 0.919. The van der Waals surface area contributed by atoms with Crippen LogP contribution >= 0.6 is 0 Å². The second-order valence-electron chi connectivity index (χ2n) is 3.64. The summed E-state index contributed by atoms with van der Waals surface area (Å²) in [6, 6.07) is 7.63. The van der Waals surface area contributed by atoms with Crippen LogP contribution in [0.5, 0.6) is 0 Å². The zero-order chi connectivity index (χ0) is 10.7. The Kier molecular flexibility index (Phi) is 2.95. The first-order chi connectivity index (χ1) is 7.33. The van der Waals surface area contributed by atoms with Crippen molar-refractivity contribution in [2.75, 3.05) is 0 Å². The maximum absolute atomic E-state index is 13.5. The Hall–Kier alpha value is -1.44. The van der Waals surface area contributed by atoms with Gasteiger partial charge in [0, 0.05) is 5.39 Å². The highest BCUT2D eigenvalue weighted by Gasteiger charge is 2.07. The Morgan fingerprint density at radius 1 is 1.33 bits per heavy atom. The molecule has 1 radical (unpaired) electrons. The van der Waals surface area contributed by atoms with E-state index in [-0.39, 0.29) is 5.82 Å². The van der Waals surface area contributed by atoms with Gasteiger partial charge in [-0.15, -0.1) is 0 Å². The molecular weight excluding hydrogens is 189 g/mol. The number of rotatable bonds is 3. The third-order valence-electron chi connectivity index (χ3n) is 2.55. The SMILES string of the molecule is CCCCc1c(F)[c]nc2ccccc12. The maximum atomic E-state index is 13.5. The molecule has 0 unspecified atom stereocenters. The van der Waals surface area contributed by atoms with Crippen molar-refractivity contribution in [3.63, 3.8) is 0 Å². The molecule has 0 amide bonds. The molecule has 1 nitrogen and oxygen atoms in total. The molecule has 0 aliphatic rings. The minimum absolute atomic E-state index is 0.304. The van der Waals surface area contributed by atoms with E-state index in [1.807, 2.05) is 24.3 Å². The molecule has 15 heavy (non-hydrogen) atoms. The van der Waals surface area contributed by atoms with Gasteiger partial charge in [-0.05, 0) is 24.5 Å². The van der Waals surface area contributed by atoms with E-state index >= 15 is 0 Å². The number of aromatic nitrogens is 1. The lowest BCUT2D eigenvalue weighted by atomic mass is 10.0. The van der Waals surface area contributed by atoms with E-state index in [1.54, 1.807) is 0 Å². The van der Waals surface area contributed by atoms with Gasteiger partial charge in [-0.25, -0.2) is 9.37 Å². The first-order valence-corrected chi connectivity index (χ1v) is 5.27. The summed E-state index contributed by atoms with van der Waals surface area (Å²) in [7, 11) is 0. The molecule has 0 aliphatic heterocycles. The first-order valence-electron chi connectivity index (χ1n) is 5.27. The van der Waals surface area contributed by atoms with Crippen LogP contribution in [-0.4, -0.2) is 4.98 Å². The Labute approximate surface area is 89.0 Å². The van der Waals surface area contributed by atoms with Gasteiger partial charge in [-0.2, -0.15) is 0 Å². The Morgan fingerprint density at radius 3 is 2.93 bits per heavy atom. The van der Waals surface area contributed by atoms with Crippen molar-refractivity contribution < 1.29 is 4.39 Å². The summed E-state index contributed by atoms with van der Waals surface area (Å²) >= 11 is 0. The molecule has 2 aromatic rings. The summed E-state index contributed by atoms with van der Waals surface area (Å²) in [5.74, 6) is -0.304. The van der Waals surface area contributed by atoms with Crippen molar-refractivity contribution in [3.8, 4) is 0 Å². The molecular formula is C13H13FN. The largest absolute Gasteiger partial charge is 0.243 e. The molecule has 1 aromatic carbocycles. The van der Waals surface area contributed by atoms with E-state index in [9.17, 15) is 4.39 Å². The fraction of sp³-hybridized carbons (Fsp3) is 0.308. The fourth-order valence-corrected chi connectivity index (χ4v) is 1.72. The summed E-state index contributed by atoms with van der Waals surface area (Å²) in [6.45, 7) is 2.10. The van der Waals surface area contributed by atoms with Crippen molar-refractivity contribution >= 4 is 10.9 Å². The van der Waals surface area contributed by atoms with Crippen molar-refractivity contribution in [2.45, 2.75) is 26.2 Å². The van der Waals surface area contributed by atoms with Gasteiger partial charge in [0.15, 0.2) is 5.82 Å². The number of unbranched alkanes of at least 4 members (excludes halogenated alkanes) is 1. The standard InChI is InChI=1S/C13H13FN/c1-2-3-6-10-11-7-4-5-8-13(11)15-9-12(10)14/h4-5,7-8H,2-3,6H2,1H3. The fourth-order valence-electron chi connectivity index (χ4n) is 1.72. The minimum atomic E-state index is -0.304. The Bertz CT molecular complexity index is 465. The highest BCUT2D eigenvalue weighted by atomic mass is 19.1. The summed E-state index contributed by atoms with van der Waals surface area (Å²) < 4.78 is 13.5. The number of hydrogen-bond acceptors (Lipinski definition) is 1. The van der Waals surface area contributed by atoms with E-state index in [2.05, 4.69) is 18.1 Å². The van der Waals surface area contributed by atoms with Crippen LogP contribution in [0.3, 0.4) is 0 Å². The number of fused-ring (bicyclic) bond motifs is 1. The second kappa shape index (κ2) is 4.39. The van der Waals surface area contributed by atoms with E-state index in [0.29, 0.717) is 0 Å². The number of benzene rings is 1. The maximum Gasteiger partial charge on any atom is 0.155 e. The average molecular weight is 202 g/mol. The molecule has 0 atom stereocenters. The van der Waals surface area contributed by atoms with Gasteiger partial charge >= 0.3 is 0 Å². The Balaban J connectivity index is 2.53. The monoisotopic (exact) mass is 202 g/mol. The molecule has 0 aliphatic carbocycles. The molecule has 0 spiro atoms. The molecule has 1 aromatic heterocycles. The molecule has 77 valence electrons. The van der Waals surface area contributed by atoms with Crippen LogP contribution in [0.15, 0.2) is 24.3 Å². The van der Waals surface area contributed by atoms with Gasteiger partial charge in [-0.3, -0.25) is 0 Å². The number of para-hydroxylation sites is 1. The first kappa shape index (κ1) is 10.1. The van der Waals surface area contributed by atoms with Crippen molar-refractivity contribution in [3.05, 3.63) is 41.8 Å². The van der Waals surface area contributed by atoms with E-state index in [1.165, 1.54) is 0 Å². The number of pyridine rings is 1. The number of nitrogens with zero attached hydrogens (tertiary/aromatic N) is 1. The number of hydrogen-bond donors (Lipinski definition) is 0. The molecule has 0 N–H and O–H groups in total. The molecule has 1 heterocycles. The Morgan fingerprint density at radius 2 is 2.13 bits per heavy atom. The van der Waals surface area contributed by atoms with E-state index in [4.69, 9.17) is 0 Å². The van der Waals surface area contributed by atoms with Crippen LogP contribution in [0, 0.1) is 12.0 Å². The van der Waals surface area contributed by atoms with Gasteiger partial charge in [0.25, 0.3) is 0 Å². The van der Waals surface area contributed by atoms with Gasteiger partial charge in [0.2, 0.25) is 0 Å². The highest BCUT2D eigenvalue weighted by molar-refractivity contribution is 5.81. The van der Waals surface area contributed by atoms with Crippen LogP contribution < -0.4 is 0 Å². The van der Waals surface area contributed by atoms with Crippen LogP contribution in [0.1, 0.15) is 25.3 Å². The lowest BCUT2D eigenvalue weighted by molar-refractivity contribution is 0.598. The van der Waals surface area contributed by atoms with Crippen LogP contribution in [0.2, 0.25) is 0 Å². The normalized spacial score (nSPS) is 10.8. The smallest absolute Gasteiger partial charge is 0.155 e. The zero-order valence-electron chi connectivity index (χ0n) is 8.76. The van der Waals surface area contributed by atoms with Crippen molar-refractivity contribution in [1.82, 2.24) is 4.98 Å². The minimum Gasteiger partial charge on any atom is -0.243 e. The van der Waals surface area contributed by atoms with E-state index < -0.39 is 0 Å². The molecule has 0 fully saturated rings. The third-order valence-corrected chi connectivity index (χ3v) is 2.55. The lowest BCUT2D eigenvalue weighted by Gasteiger charge is -2.05. The third kappa shape index (κ3) is 1.99. The molecule has 0 saturated carbocycles. The van der Waals surface area contributed by atoms with Crippen LogP contribution in [0.25, 0.3) is 10.9 Å². The quantitative estimate of drug-likeness (QED) is 0.742. The second-order valence-corrected chi connectivity index (χ2v) is 3.64. The summed E-state index contributed by atoms with van der Waals surface area (Å²) in [6.07, 6.45) is 5.27. The molecule has 0 saturated heterocycles. The van der Waals surface area contributed by atoms with Gasteiger partial charge in [0.05, 0.1) is 5.52 Å². The predicted molar refractivity (Wildman–Crippen MR) is 59.1 cm³/mol. The summed E-state index contributed by atoms with van der Waals surface area (Å²) in [5.41, 5.74) is 1.58. The molecule has 0 bridgehead atoms. The van der Waals surface area contributed by atoms with E-state index in [0.717, 1.165) is 35.7 Å². The van der Waals surface area contributed by atoms with Gasteiger partial charge in [-0.1, -0.05) is 31.5 Å². The number of halogens is 1. The predicted octanol–water partition coefficient (Wildman–Crippen LogP) is 3.52. The van der Waals surface area contributed by atoms with Crippen LogP contribution in [0.4, 0.5) is 4.39 Å².